The summed E-state index contributed by atoms with van der Waals surface area (Å²) in [5.74, 6) is 1.19. The zero-order valence-corrected chi connectivity index (χ0v) is 19.2. The minimum absolute atomic E-state index is 0.102. The fourth-order valence-electron chi connectivity index (χ4n) is 3.41. The largest absolute Gasteiger partial charge is 0.494 e. The number of carbonyl (C=O) groups excluding carboxylic acids is 1. The van der Waals surface area contributed by atoms with Crippen LogP contribution in [0.3, 0.4) is 0 Å². The van der Waals surface area contributed by atoms with Gasteiger partial charge in [0.1, 0.15) is 11.5 Å². The summed E-state index contributed by atoms with van der Waals surface area (Å²) < 4.78 is 12.3. The highest BCUT2D eigenvalue weighted by Crippen LogP contribution is 2.32. The first-order valence-electron chi connectivity index (χ1n) is 10.5. The number of carbonyl (C=O) groups is 1. The van der Waals surface area contributed by atoms with Crippen molar-refractivity contribution in [1.29, 1.82) is 0 Å². The maximum atomic E-state index is 13.2. The molecule has 6 nitrogen and oxygen atoms in total. The molecule has 0 aliphatic carbocycles. The number of rotatable bonds is 8. The Kier molecular flexibility index (Phi) is 6.66. The molecule has 2 aromatic carbocycles. The summed E-state index contributed by atoms with van der Waals surface area (Å²) in [4.78, 5) is 24.1. The minimum Gasteiger partial charge on any atom is -0.494 e. The van der Waals surface area contributed by atoms with E-state index in [0.717, 1.165) is 27.2 Å². The van der Waals surface area contributed by atoms with Gasteiger partial charge in [-0.05, 0) is 74.4 Å². The van der Waals surface area contributed by atoms with Gasteiger partial charge in [-0.2, -0.15) is 0 Å². The molecule has 2 heterocycles. The van der Waals surface area contributed by atoms with Crippen LogP contribution in [0.4, 0.5) is 5.13 Å². The molecule has 0 unspecified atom stereocenters. The molecule has 1 amide bonds. The maximum absolute atomic E-state index is 13.2. The van der Waals surface area contributed by atoms with Gasteiger partial charge in [-0.15, -0.1) is 0 Å². The molecule has 7 heteroatoms. The molecule has 2 aromatic heterocycles. The van der Waals surface area contributed by atoms with Crippen LogP contribution in [0.2, 0.25) is 0 Å². The van der Waals surface area contributed by atoms with E-state index in [0.29, 0.717) is 24.0 Å². The smallest absolute Gasteiger partial charge is 0.267 e. The fourth-order valence-corrected chi connectivity index (χ4v) is 4.57. The minimum atomic E-state index is -0.182. The van der Waals surface area contributed by atoms with Crippen molar-refractivity contribution >= 4 is 32.6 Å². The number of hydrogen-bond acceptors (Lipinski definition) is 6. The van der Waals surface area contributed by atoms with Gasteiger partial charge in [0.15, 0.2) is 11.7 Å². The lowest BCUT2D eigenvalue weighted by molar-refractivity contribution is -0.120. The number of benzene rings is 2. The molecule has 4 aromatic rings. The number of anilines is 1. The van der Waals surface area contributed by atoms with Crippen LogP contribution < -0.4 is 14.4 Å². The van der Waals surface area contributed by atoms with Crippen LogP contribution in [0.25, 0.3) is 10.2 Å². The molecule has 0 aliphatic heterocycles. The van der Waals surface area contributed by atoms with Crippen molar-refractivity contribution in [2.75, 3.05) is 18.1 Å². The third-order valence-electron chi connectivity index (χ3n) is 4.89. The Hall–Kier alpha value is -3.45. The van der Waals surface area contributed by atoms with Crippen LogP contribution in [-0.2, 0) is 11.3 Å². The van der Waals surface area contributed by atoms with Crippen LogP contribution in [0.15, 0.2) is 60.8 Å². The first kappa shape index (κ1) is 21.8. The summed E-state index contributed by atoms with van der Waals surface area (Å²) in [7, 11) is 0. The van der Waals surface area contributed by atoms with E-state index >= 15 is 0 Å². The quantitative estimate of drug-likeness (QED) is 0.366. The molecule has 0 bridgehead atoms. The van der Waals surface area contributed by atoms with Gasteiger partial charge in [-0.1, -0.05) is 23.5 Å². The van der Waals surface area contributed by atoms with E-state index in [2.05, 4.69) is 24.0 Å². The number of nitrogens with zero attached hydrogens (tertiary/aromatic N) is 3. The Morgan fingerprint density at radius 2 is 1.78 bits per heavy atom. The molecule has 0 spiro atoms. The van der Waals surface area contributed by atoms with E-state index in [9.17, 15) is 4.79 Å². The van der Waals surface area contributed by atoms with Crippen LogP contribution in [0, 0.1) is 13.8 Å². The molecule has 0 radical (unpaired) electrons. The molecular formula is C25H25N3O3S. The van der Waals surface area contributed by atoms with Gasteiger partial charge >= 0.3 is 0 Å². The lowest BCUT2D eigenvalue weighted by Crippen LogP contribution is -2.34. The monoisotopic (exact) mass is 447 g/mol. The third-order valence-corrected chi connectivity index (χ3v) is 5.92. The average molecular weight is 448 g/mol. The van der Waals surface area contributed by atoms with Gasteiger partial charge < -0.3 is 9.47 Å². The molecule has 0 saturated heterocycles. The number of ether oxygens (including phenoxy) is 2. The summed E-state index contributed by atoms with van der Waals surface area (Å²) in [5.41, 5.74) is 3.97. The van der Waals surface area contributed by atoms with E-state index in [-0.39, 0.29) is 12.5 Å². The Labute approximate surface area is 191 Å². The Balaban J connectivity index is 1.57. The van der Waals surface area contributed by atoms with Gasteiger partial charge in [0.05, 0.1) is 29.1 Å². The molecule has 0 N–H and O–H groups in total. The zero-order valence-electron chi connectivity index (χ0n) is 18.4. The molecular weight excluding hydrogens is 422 g/mol. The van der Waals surface area contributed by atoms with Crippen molar-refractivity contribution < 1.29 is 14.3 Å². The third kappa shape index (κ3) is 5.06. The predicted molar refractivity (Wildman–Crippen MR) is 128 cm³/mol. The highest BCUT2D eigenvalue weighted by molar-refractivity contribution is 7.22. The molecule has 0 fully saturated rings. The van der Waals surface area contributed by atoms with E-state index in [1.807, 2.05) is 44.2 Å². The number of thiazole rings is 1. The van der Waals surface area contributed by atoms with Crippen molar-refractivity contribution in [3.8, 4) is 11.5 Å². The van der Waals surface area contributed by atoms with Crippen LogP contribution >= 0.6 is 11.3 Å². The first-order valence-corrected chi connectivity index (χ1v) is 11.3. The summed E-state index contributed by atoms with van der Waals surface area (Å²) in [6, 6.07) is 17.1. The standard InChI is InChI=1S/C25H25N3O3S/c1-4-30-20-8-10-21(11-9-20)31-16-23(29)28(15-19-7-5-6-12-26-19)25-27-24-18(3)13-17(2)14-22(24)32-25/h5-14H,4,15-16H2,1-3H3. The summed E-state index contributed by atoms with van der Waals surface area (Å²) in [5, 5.41) is 0.639. The lowest BCUT2D eigenvalue weighted by atomic mass is 10.1. The highest BCUT2D eigenvalue weighted by Gasteiger charge is 2.22. The number of aryl methyl sites for hydroxylation is 2. The highest BCUT2D eigenvalue weighted by atomic mass is 32.1. The molecule has 4 rings (SSSR count). The van der Waals surface area contributed by atoms with Gasteiger partial charge in [-0.3, -0.25) is 14.7 Å². The van der Waals surface area contributed by atoms with Crippen LogP contribution in [0.5, 0.6) is 11.5 Å². The number of fused-ring (bicyclic) bond motifs is 1. The van der Waals surface area contributed by atoms with E-state index in [1.165, 1.54) is 16.9 Å². The maximum Gasteiger partial charge on any atom is 0.267 e. The van der Waals surface area contributed by atoms with Gasteiger partial charge in [0, 0.05) is 6.20 Å². The second-order valence-electron chi connectivity index (χ2n) is 7.42. The van der Waals surface area contributed by atoms with Gasteiger partial charge in [-0.25, -0.2) is 4.98 Å². The van der Waals surface area contributed by atoms with Crippen molar-refractivity contribution in [1.82, 2.24) is 9.97 Å². The first-order chi connectivity index (χ1) is 15.5. The summed E-state index contributed by atoms with van der Waals surface area (Å²) in [6.07, 6.45) is 1.72. The van der Waals surface area contributed by atoms with Gasteiger partial charge in [0.2, 0.25) is 0 Å². The van der Waals surface area contributed by atoms with Crippen molar-refractivity contribution in [2.45, 2.75) is 27.3 Å². The summed E-state index contributed by atoms with van der Waals surface area (Å²) in [6.45, 7) is 6.86. The van der Waals surface area contributed by atoms with Gasteiger partial charge in [0.25, 0.3) is 5.91 Å². The second-order valence-corrected chi connectivity index (χ2v) is 8.43. The zero-order chi connectivity index (χ0) is 22.5. The molecule has 0 aliphatic rings. The number of amides is 1. The van der Waals surface area contributed by atoms with Crippen LogP contribution in [0.1, 0.15) is 23.7 Å². The van der Waals surface area contributed by atoms with Crippen molar-refractivity contribution in [2.24, 2.45) is 0 Å². The number of pyridine rings is 1. The Morgan fingerprint density at radius 1 is 1.03 bits per heavy atom. The lowest BCUT2D eigenvalue weighted by Gasteiger charge is -2.19. The topological polar surface area (TPSA) is 64.6 Å². The predicted octanol–water partition coefficient (Wildman–Crippen LogP) is 5.32. The molecule has 164 valence electrons. The van der Waals surface area contributed by atoms with E-state index in [1.54, 1.807) is 23.2 Å². The normalized spacial score (nSPS) is 10.8. The fraction of sp³-hybridized carbons (Fsp3) is 0.240. The van der Waals surface area contributed by atoms with Crippen LogP contribution in [-0.4, -0.2) is 29.1 Å². The van der Waals surface area contributed by atoms with Crippen molar-refractivity contribution in [3.05, 3.63) is 77.6 Å². The van der Waals surface area contributed by atoms with Crippen molar-refractivity contribution in [3.63, 3.8) is 0 Å². The van der Waals surface area contributed by atoms with E-state index < -0.39 is 0 Å². The Morgan fingerprint density at radius 3 is 2.47 bits per heavy atom. The average Bonchev–Trinajstić information content (AvgIpc) is 3.22. The molecule has 32 heavy (non-hydrogen) atoms. The summed E-state index contributed by atoms with van der Waals surface area (Å²) >= 11 is 1.50. The number of aromatic nitrogens is 2. The Bertz CT molecular complexity index is 1210. The molecule has 0 atom stereocenters. The molecule has 0 saturated carbocycles. The SMILES string of the molecule is CCOc1ccc(OCC(=O)N(Cc2ccccn2)c2nc3c(C)cc(C)cc3s2)cc1. The second kappa shape index (κ2) is 9.78. The van der Waals surface area contributed by atoms with E-state index in [4.69, 9.17) is 14.5 Å². The number of hydrogen-bond donors (Lipinski definition) is 0.